The summed E-state index contributed by atoms with van der Waals surface area (Å²) in [4.78, 5) is 20.5. The van der Waals surface area contributed by atoms with Crippen molar-refractivity contribution in [3.05, 3.63) is 11.4 Å². The Labute approximate surface area is 102 Å². The number of nitrogens with two attached hydrogens (primary N) is 1. The first-order chi connectivity index (χ1) is 8.11. The fraction of sp³-hybridized carbons (Fsp3) is 0.300. The van der Waals surface area contributed by atoms with Crippen LogP contribution in [0.1, 0.15) is 6.92 Å². The number of hydrogen-bond donors (Lipinski definition) is 3. The van der Waals surface area contributed by atoms with Crippen molar-refractivity contribution in [2.45, 2.75) is 13.0 Å². The van der Waals surface area contributed by atoms with E-state index in [0.29, 0.717) is 5.82 Å². The summed E-state index contributed by atoms with van der Waals surface area (Å²) in [7, 11) is 1.59. The highest BCUT2D eigenvalue weighted by Gasteiger charge is 2.14. The van der Waals surface area contributed by atoms with Gasteiger partial charge in [0.15, 0.2) is 0 Å². The Morgan fingerprint density at radius 3 is 3.00 bits per heavy atom. The Morgan fingerprint density at radius 1 is 1.53 bits per heavy atom. The topological polar surface area (TPSA) is 92.9 Å². The second-order valence-corrected chi connectivity index (χ2v) is 4.44. The highest BCUT2D eigenvalue weighted by molar-refractivity contribution is 7.16. The van der Waals surface area contributed by atoms with Crippen LogP contribution in [0, 0.1) is 0 Å². The maximum atomic E-state index is 11.4. The molecule has 17 heavy (non-hydrogen) atoms. The summed E-state index contributed by atoms with van der Waals surface area (Å²) >= 11 is 1.49. The van der Waals surface area contributed by atoms with Gasteiger partial charge in [0.05, 0.1) is 5.39 Å². The van der Waals surface area contributed by atoms with Crippen molar-refractivity contribution >= 4 is 39.2 Å². The van der Waals surface area contributed by atoms with Crippen LogP contribution in [0.25, 0.3) is 10.2 Å². The Bertz CT molecular complexity index is 553. The molecule has 0 bridgehead atoms. The molecule has 0 aliphatic rings. The summed E-state index contributed by atoms with van der Waals surface area (Å²) in [6.45, 7) is 1.76. The molecule has 1 atom stereocenters. The molecule has 0 saturated heterocycles. The van der Waals surface area contributed by atoms with E-state index in [2.05, 4.69) is 20.6 Å². The van der Waals surface area contributed by atoms with Gasteiger partial charge in [0.1, 0.15) is 16.7 Å². The van der Waals surface area contributed by atoms with Gasteiger partial charge in [-0.1, -0.05) is 0 Å². The lowest BCUT2D eigenvalue weighted by Crippen LogP contribution is -2.35. The van der Waals surface area contributed by atoms with E-state index in [1.807, 2.05) is 11.4 Å². The number of nitrogens with zero attached hydrogens (tertiary/aromatic N) is 2. The van der Waals surface area contributed by atoms with Crippen molar-refractivity contribution in [3.63, 3.8) is 0 Å². The lowest BCUT2D eigenvalue weighted by Gasteiger charge is -2.13. The van der Waals surface area contributed by atoms with Crippen LogP contribution in [-0.2, 0) is 4.79 Å². The van der Waals surface area contributed by atoms with Crippen LogP contribution in [0.2, 0.25) is 0 Å². The third kappa shape index (κ3) is 2.28. The summed E-state index contributed by atoms with van der Waals surface area (Å²) in [5.41, 5.74) is 5.61. The van der Waals surface area contributed by atoms with Crippen molar-refractivity contribution in [3.8, 4) is 0 Å². The Morgan fingerprint density at radius 2 is 2.29 bits per heavy atom. The largest absolute Gasteiger partial charge is 0.368 e. The average molecular weight is 251 g/mol. The smallest absolute Gasteiger partial charge is 0.241 e. The minimum absolute atomic E-state index is 0.106. The number of carbonyl (C=O) groups is 1. The molecule has 0 saturated carbocycles. The van der Waals surface area contributed by atoms with E-state index in [1.54, 1.807) is 14.0 Å². The maximum absolute atomic E-state index is 11.4. The fourth-order valence-electron chi connectivity index (χ4n) is 1.47. The van der Waals surface area contributed by atoms with Crippen LogP contribution in [0.3, 0.4) is 0 Å². The first-order valence-electron chi connectivity index (χ1n) is 5.10. The number of nitrogen functional groups attached to an aromatic ring is 1. The molecular formula is C10H13N5OS. The molecule has 0 aliphatic heterocycles. The van der Waals surface area contributed by atoms with E-state index in [0.717, 1.165) is 10.2 Å². The van der Waals surface area contributed by atoms with Gasteiger partial charge in [0.2, 0.25) is 11.9 Å². The summed E-state index contributed by atoms with van der Waals surface area (Å²) < 4.78 is 0. The molecule has 0 aromatic carbocycles. The fourth-order valence-corrected chi connectivity index (χ4v) is 2.24. The summed E-state index contributed by atoms with van der Waals surface area (Å²) in [5.74, 6) is 0.682. The third-order valence-electron chi connectivity index (χ3n) is 2.34. The molecular weight excluding hydrogens is 238 g/mol. The van der Waals surface area contributed by atoms with Crippen LogP contribution in [0.5, 0.6) is 0 Å². The van der Waals surface area contributed by atoms with Gasteiger partial charge in [0, 0.05) is 7.05 Å². The zero-order valence-corrected chi connectivity index (χ0v) is 10.3. The highest BCUT2D eigenvalue weighted by atomic mass is 32.1. The second-order valence-electron chi connectivity index (χ2n) is 3.55. The predicted molar refractivity (Wildman–Crippen MR) is 69.0 cm³/mol. The first-order valence-corrected chi connectivity index (χ1v) is 5.98. The Kier molecular flexibility index (Phi) is 3.10. The van der Waals surface area contributed by atoms with Gasteiger partial charge >= 0.3 is 0 Å². The number of nitrogens with one attached hydrogen (secondary N) is 2. The van der Waals surface area contributed by atoms with Crippen LogP contribution in [0.4, 0.5) is 11.8 Å². The second kappa shape index (κ2) is 4.54. The normalized spacial score (nSPS) is 12.4. The average Bonchev–Trinajstić information content (AvgIpc) is 2.75. The van der Waals surface area contributed by atoms with Crippen LogP contribution in [0.15, 0.2) is 11.4 Å². The number of rotatable bonds is 3. The van der Waals surface area contributed by atoms with E-state index in [-0.39, 0.29) is 17.9 Å². The number of fused-ring (bicyclic) bond motifs is 1. The van der Waals surface area contributed by atoms with Crippen LogP contribution in [-0.4, -0.2) is 29.0 Å². The monoisotopic (exact) mass is 251 g/mol. The molecule has 6 nitrogen and oxygen atoms in total. The number of hydrogen-bond acceptors (Lipinski definition) is 6. The highest BCUT2D eigenvalue weighted by Crippen LogP contribution is 2.25. The van der Waals surface area contributed by atoms with E-state index in [1.165, 1.54) is 11.3 Å². The molecule has 1 amide bonds. The van der Waals surface area contributed by atoms with Gasteiger partial charge in [-0.2, -0.15) is 4.98 Å². The molecule has 1 unspecified atom stereocenters. The van der Waals surface area contributed by atoms with Crippen molar-refractivity contribution in [1.29, 1.82) is 0 Å². The number of thiophene rings is 1. The predicted octanol–water partition coefficient (Wildman–Crippen LogP) is 0.820. The minimum atomic E-state index is -0.377. The Balaban J connectivity index is 2.34. The lowest BCUT2D eigenvalue weighted by molar-refractivity contribution is -0.121. The number of aromatic nitrogens is 2. The van der Waals surface area contributed by atoms with Crippen molar-refractivity contribution in [2.75, 3.05) is 18.1 Å². The molecule has 0 aliphatic carbocycles. The molecule has 0 radical (unpaired) electrons. The van der Waals surface area contributed by atoms with Gasteiger partial charge in [-0.05, 0) is 18.4 Å². The Hall–Kier alpha value is -1.89. The van der Waals surface area contributed by atoms with E-state index in [9.17, 15) is 4.79 Å². The SMILES string of the molecule is CNC(=O)C(C)Nc1nc(N)nc2sccc12. The molecule has 0 fully saturated rings. The molecule has 2 heterocycles. The van der Waals surface area contributed by atoms with Crippen LogP contribution >= 0.6 is 11.3 Å². The van der Waals surface area contributed by atoms with E-state index < -0.39 is 0 Å². The number of carbonyl (C=O) groups excluding carboxylic acids is 1. The van der Waals surface area contributed by atoms with E-state index in [4.69, 9.17) is 5.73 Å². The molecule has 2 aromatic heterocycles. The van der Waals surface area contributed by atoms with Crippen LogP contribution < -0.4 is 16.4 Å². The van der Waals surface area contributed by atoms with Gasteiger partial charge in [-0.15, -0.1) is 11.3 Å². The maximum Gasteiger partial charge on any atom is 0.241 e. The van der Waals surface area contributed by atoms with Crippen molar-refractivity contribution in [1.82, 2.24) is 15.3 Å². The molecule has 0 spiro atoms. The zero-order chi connectivity index (χ0) is 12.4. The number of likely N-dealkylation sites (N-methyl/N-ethyl adjacent to an activating group) is 1. The summed E-state index contributed by atoms with van der Waals surface area (Å²) in [6, 6.07) is 1.52. The zero-order valence-electron chi connectivity index (χ0n) is 9.52. The molecule has 2 aromatic rings. The van der Waals surface area contributed by atoms with E-state index >= 15 is 0 Å². The third-order valence-corrected chi connectivity index (χ3v) is 3.14. The van der Waals surface area contributed by atoms with Gasteiger partial charge < -0.3 is 16.4 Å². The quantitative estimate of drug-likeness (QED) is 0.751. The molecule has 4 N–H and O–H groups in total. The lowest BCUT2D eigenvalue weighted by atomic mass is 10.3. The minimum Gasteiger partial charge on any atom is -0.368 e. The van der Waals surface area contributed by atoms with Gasteiger partial charge in [-0.3, -0.25) is 4.79 Å². The summed E-state index contributed by atoms with van der Waals surface area (Å²) in [6.07, 6.45) is 0. The van der Waals surface area contributed by atoms with Crippen molar-refractivity contribution in [2.24, 2.45) is 0 Å². The standard InChI is InChI=1S/C10H13N5OS/c1-5(8(16)12-2)13-7-6-3-4-17-9(6)15-10(11)14-7/h3-5H,1-2H3,(H,12,16)(H3,11,13,14,15). The van der Waals surface area contributed by atoms with Crippen molar-refractivity contribution < 1.29 is 4.79 Å². The molecule has 2 rings (SSSR count). The molecule has 90 valence electrons. The summed E-state index contributed by atoms with van der Waals surface area (Å²) in [5, 5.41) is 8.38. The number of amides is 1. The first kappa shape index (κ1) is 11.6. The van der Waals surface area contributed by atoms with Gasteiger partial charge in [0.25, 0.3) is 0 Å². The van der Waals surface area contributed by atoms with Gasteiger partial charge in [-0.25, -0.2) is 4.98 Å². The number of anilines is 2. The molecule has 7 heteroatoms.